The number of likely N-dealkylation sites (N-methyl/N-ethyl adjacent to an activating group) is 1. The van der Waals surface area contributed by atoms with E-state index in [-0.39, 0.29) is 11.9 Å². The highest BCUT2D eigenvalue weighted by atomic mass is 16.5. The zero-order chi connectivity index (χ0) is 20.8. The molecule has 0 bridgehead atoms. The lowest BCUT2D eigenvalue weighted by atomic mass is 10.1. The lowest BCUT2D eigenvalue weighted by Gasteiger charge is -2.24. The second kappa shape index (κ2) is 9.62. The Hall–Kier alpha value is -2.77. The van der Waals surface area contributed by atoms with Crippen LogP contribution in [0.2, 0.25) is 0 Å². The highest BCUT2D eigenvalue weighted by molar-refractivity contribution is 5.96. The third-order valence-electron chi connectivity index (χ3n) is 4.82. The van der Waals surface area contributed by atoms with Crippen LogP contribution in [-0.4, -0.2) is 67.0 Å². The number of pyridine rings is 1. The van der Waals surface area contributed by atoms with Gasteiger partial charge in [-0.1, -0.05) is 18.2 Å². The summed E-state index contributed by atoms with van der Waals surface area (Å²) < 4.78 is 5.07. The minimum absolute atomic E-state index is 0.0679. The van der Waals surface area contributed by atoms with Gasteiger partial charge >= 0.3 is 5.97 Å². The number of carbonyl (C=O) groups is 2. The van der Waals surface area contributed by atoms with Gasteiger partial charge < -0.3 is 14.5 Å². The van der Waals surface area contributed by atoms with Gasteiger partial charge in [-0.3, -0.25) is 14.7 Å². The number of hydrogen-bond acceptors (Lipinski definition) is 6. The van der Waals surface area contributed by atoms with E-state index in [1.807, 2.05) is 37.2 Å². The van der Waals surface area contributed by atoms with E-state index in [2.05, 4.69) is 20.9 Å². The van der Waals surface area contributed by atoms with Crippen LogP contribution >= 0.6 is 0 Å². The highest BCUT2D eigenvalue weighted by Crippen LogP contribution is 2.26. The Morgan fingerprint density at radius 3 is 2.76 bits per heavy atom. The van der Waals surface area contributed by atoms with E-state index in [0.29, 0.717) is 38.3 Å². The molecular formula is C22H28N4O3. The summed E-state index contributed by atoms with van der Waals surface area (Å²) in [5.41, 5.74) is 3.29. The molecule has 0 fully saturated rings. The van der Waals surface area contributed by atoms with Gasteiger partial charge in [-0.05, 0) is 44.8 Å². The minimum atomic E-state index is -0.358. The summed E-state index contributed by atoms with van der Waals surface area (Å²) in [6.07, 6.45) is 1.61. The summed E-state index contributed by atoms with van der Waals surface area (Å²) in [6, 6.07) is 11.4. The molecule has 7 heteroatoms. The van der Waals surface area contributed by atoms with Crippen LogP contribution in [0, 0.1) is 0 Å². The van der Waals surface area contributed by atoms with Crippen molar-refractivity contribution in [2.45, 2.75) is 20.0 Å². The Bertz CT molecular complexity index is 869. The van der Waals surface area contributed by atoms with Crippen LogP contribution in [0.4, 0.5) is 5.69 Å². The van der Waals surface area contributed by atoms with Crippen LogP contribution in [0.15, 0.2) is 42.6 Å². The summed E-state index contributed by atoms with van der Waals surface area (Å²) in [6.45, 7) is 4.98. The van der Waals surface area contributed by atoms with Gasteiger partial charge in [0.2, 0.25) is 5.91 Å². The molecule has 3 rings (SSSR count). The highest BCUT2D eigenvalue weighted by Gasteiger charge is 2.26. The molecule has 1 aromatic heterocycles. The Morgan fingerprint density at radius 1 is 1.21 bits per heavy atom. The second-order valence-corrected chi connectivity index (χ2v) is 7.38. The van der Waals surface area contributed by atoms with Gasteiger partial charge in [0.25, 0.3) is 0 Å². The third kappa shape index (κ3) is 5.40. The van der Waals surface area contributed by atoms with Crippen molar-refractivity contribution in [3.05, 3.63) is 59.4 Å². The average molecular weight is 396 g/mol. The van der Waals surface area contributed by atoms with Crippen LogP contribution < -0.4 is 4.90 Å². The van der Waals surface area contributed by atoms with Crippen molar-refractivity contribution in [3.63, 3.8) is 0 Å². The first-order chi connectivity index (χ1) is 14.0. The largest absolute Gasteiger partial charge is 0.462 e. The first-order valence-corrected chi connectivity index (χ1v) is 9.85. The molecule has 0 saturated carbocycles. The Balaban J connectivity index is 1.80. The number of benzene rings is 1. The molecule has 1 aliphatic rings. The van der Waals surface area contributed by atoms with Crippen molar-refractivity contribution in [2.75, 3.05) is 45.2 Å². The van der Waals surface area contributed by atoms with E-state index in [9.17, 15) is 9.59 Å². The van der Waals surface area contributed by atoms with Crippen molar-refractivity contribution < 1.29 is 14.3 Å². The molecule has 0 unspecified atom stereocenters. The van der Waals surface area contributed by atoms with E-state index < -0.39 is 0 Å². The minimum Gasteiger partial charge on any atom is -0.462 e. The molecule has 154 valence electrons. The van der Waals surface area contributed by atoms with E-state index in [1.165, 1.54) is 0 Å². The third-order valence-corrected chi connectivity index (χ3v) is 4.82. The molecule has 29 heavy (non-hydrogen) atoms. The second-order valence-electron chi connectivity index (χ2n) is 7.38. The number of esters is 1. The fourth-order valence-corrected chi connectivity index (χ4v) is 3.41. The molecule has 2 aromatic rings. The Labute approximate surface area is 171 Å². The first-order valence-electron chi connectivity index (χ1n) is 9.85. The van der Waals surface area contributed by atoms with Crippen LogP contribution in [0.1, 0.15) is 28.5 Å². The van der Waals surface area contributed by atoms with Crippen LogP contribution in [0.5, 0.6) is 0 Å². The molecule has 0 atom stereocenters. The maximum absolute atomic E-state index is 13.0. The Kier molecular flexibility index (Phi) is 6.95. The average Bonchev–Trinajstić information content (AvgIpc) is 2.82. The van der Waals surface area contributed by atoms with Crippen LogP contribution in [0.3, 0.4) is 0 Å². The van der Waals surface area contributed by atoms with Gasteiger partial charge in [0, 0.05) is 38.1 Å². The first kappa shape index (κ1) is 21.0. The number of rotatable bonds is 7. The number of amides is 1. The van der Waals surface area contributed by atoms with Gasteiger partial charge in [0.05, 0.1) is 24.4 Å². The molecule has 1 amide bonds. The summed E-state index contributed by atoms with van der Waals surface area (Å²) >= 11 is 0. The number of carbonyl (C=O) groups excluding carboxylic acids is 2. The molecule has 1 aliphatic heterocycles. The van der Waals surface area contributed by atoms with E-state index >= 15 is 0 Å². The topological polar surface area (TPSA) is 66.0 Å². The molecule has 1 aromatic carbocycles. The predicted molar refractivity (Wildman–Crippen MR) is 112 cm³/mol. The SMILES string of the molecule is CCOC(=O)c1ccnc(CN2CC(=O)N(CCN(C)C)c3ccccc3C2)c1. The maximum atomic E-state index is 13.0. The van der Waals surface area contributed by atoms with Gasteiger partial charge in [-0.25, -0.2) is 4.79 Å². The molecular weight excluding hydrogens is 368 g/mol. The number of para-hydroxylation sites is 1. The number of nitrogens with zero attached hydrogens (tertiary/aromatic N) is 4. The normalized spacial score (nSPS) is 14.6. The zero-order valence-corrected chi connectivity index (χ0v) is 17.3. The summed E-state index contributed by atoms with van der Waals surface area (Å²) in [7, 11) is 4.01. The quantitative estimate of drug-likeness (QED) is 0.669. The van der Waals surface area contributed by atoms with Crippen LogP contribution in [-0.2, 0) is 22.6 Å². The van der Waals surface area contributed by atoms with Crippen molar-refractivity contribution in [3.8, 4) is 0 Å². The molecule has 0 saturated heterocycles. The number of fused-ring (bicyclic) bond motifs is 1. The summed E-state index contributed by atoms with van der Waals surface area (Å²) in [4.78, 5) is 35.4. The van der Waals surface area contributed by atoms with Gasteiger partial charge in [-0.2, -0.15) is 0 Å². The Morgan fingerprint density at radius 2 is 2.00 bits per heavy atom. The molecule has 0 N–H and O–H groups in total. The van der Waals surface area contributed by atoms with Gasteiger partial charge in [-0.15, -0.1) is 0 Å². The van der Waals surface area contributed by atoms with Crippen molar-refractivity contribution in [1.82, 2.24) is 14.8 Å². The van der Waals surface area contributed by atoms with Crippen molar-refractivity contribution in [2.24, 2.45) is 0 Å². The van der Waals surface area contributed by atoms with E-state index in [0.717, 1.165) is 23.5 Å². The molecule has 0 spiro atoms. The lowest BCUT2D eigenvalue weighted by Crippen LogP contribution is -2.40. The van der Waals surface area contributed by atoms with E-state index in [4.69, 9.17) is 4.74 Å². The zero-order valence-electron chi connectivity index (χ0n) is 17.3. The fraction of sp³-hybridized carbons (Fsp3) is 0.409. The summed E-state index contributed by atoms with van der Waals surface area (Å²) in [5.74, 6) is -0.290. The maximum Gasteiger partial charge on any atom is 0.338 e. The summed E-state index contributed by atoms with van der Waals surface area (Å²) in [5, 5.41) is 0. The van der Waals surface area contributed by atoms with Crippen LogP contribution in [0.25, 0.3) is 0 Å². The molecule has 7 nitrogen and oxygen atoms in total. The molecule has 0 aliphatic carbocycles. The van der Waals surface area contributed by atoms with Gasteiger partial charge in [0.15, 0.2) is 0 Å². The number of anilines is 1. The smallest absolute Gasteiger partial charge is 0.338 e. The standard InChI is InChI=1S/C22H28N4O3/c1-4-29-22(28)17-9-10-23-19(13-17)15-25-14-18-7-5-6-8-20(18)26(21(27)16-25)12-11-24(2)3/h5-10,13H,4,11-12,14-16H2,1-3H3. The van der Waals surface area contributed by atoms with Crippen molar-refractivity contribution >= 4 is 17.6 Å². The van der Waals surface area contributed by atoms with Crippen molar-refractivity contribution in [1.29, 1.82) is 0 Å². The molecule has 0 radical (unpaired) electrons. The fourth-order valence-electron chi connectivity index (χ4n) is 3.41. The number of aromatic nitrogens is 1. The van der Waals surface area contributed by atoms with Gasteiger partial charge in [0.1, 0.15) is 0 Å². The van der Waals surface area contributed by atoms with E-state index in [1.54, 1.807) is 25.3 Å². The monoisotopic (exact) mass is 396 g/mol. The predicted octanol–water partition coefficient (Wildman–Crippen LogP) is 2.17. The number of hydrogen-bond donors (Lipinski definition) is 0. The lowest BCUT2D eigenvalue weighted by molar-refractivity contribution is -0.119. The molecule has 2 heterocycles. The number of ether oxygens (including phenoxy) is 1.